The van der Waals surface area contributed by atoms with Gasteiger partial charge in [-0.15, -0.1) is 0 Å². The van der Waals surface area contributed by atoms with Crippen molar-refractivity contribution >= 4 is 0 Å². The third kappa shape index (κ3) is 1.86. The van der Waals surface area contributed by atoms with Crippen LogP contribution in [0.1, 0.15) is 79.1 Å². The van der Waals surface area contributed by atoms with Gasteiger partial charge in [-0.2, -0.15) is 0 Å². The Morgan fingerprint density at radius 2 is 1.59 bits per heavy atom. The molecule has 0 aromatic carbocycles. The third-order valence-corrected chi connectivity index (χ3v) is 8.69. The van der Waals surface area contributed by atoms with Crippen molar-refractivity contribution in [2.75, 3.05) is 0 Å². The first kappa shape index (κ1) is 15.4. The molecule has 4 fully saturated rings. The van der Waals surface area contributed by atoms with Crippen molar-refractivity contribution in [1.82, 2.24) is 0 Å². The maximum Gasteiger partial charge on any atom is 0.0653 e. The topological polar surface area (TPSA) is 40.5 Å². The van der Waals surface area contributed by atoms with Crippen LogP contribution in [0, 0.1) is 34.0 Å². The molecule has 2 heteroatoms. The zero-order chi connectivity index (χ0) is 16.0. The minimum Gasteiger partial charge on any atom is -0.393 e. The van der Waals surface area contributed by atoms with Crippen molar-refractivity contribution in [1.29, 1.82) is 0 Å². The highest BCUT2D eigenvalue weighted by Crippen LogP contribution is 2.72. The van der Waals surface area contributed by atoms with E-state index in [4.69, 9.17) is 0 Å². The normalized spacial score (nSPS) is 59.7. The van der Waals surface area contributed by atoms with Crippen molar-refractivity contribution in [2.24, 2.45) is 34.0 Å². The van der Waals surface area contributed by atoms with Crippen LogP contribution in [0.3, 0.4) is 0 Å². The molecule has 4 aliphatic carbocycles. The highest BCUT2D eigenvalue weighted by atomic mass is 16.3. The van der Waals surface area contributed by atoms with E-state index in [-0.39, 0.29) is 16.9 Å². The number of rotatable bonds is 0. The van der Waals surface area contributed by atoms with Crippen molar-refractivity contribution in [3.8, 4) is 0 Å². The molecular weight excluding hydrogens is 272 g/mol. The quantitative estimate of drug-likeness (QED) is 0.706. The fraction of sp³-hybridized carbons (Fsp3) is 1.00. The zero-order valence-electron chi connectivity index (χ0n) is 14.9. The molecule has 0 saturated heterocycles. The van der Waals surface area contributed by atoms with Gasteiger partial charge in [-0.1, -0.05) is 20.8 Å². The van der Waals surface area contributed by atoms with Crippen LogP contribution in [-0.2, 0) is 0 Å². The summed E-state index contributed by atoms with van der Waals surface area (Å²) in [6.45, 7) is 9.34. The van der Waals surface area contributed by atoms with Crippen LogP contribution in [0.15, 0.2) is 0 Å². The Morgan fingerprint density at radius 3 is 2.32 bits per heavy atom. The van der Waals surface area contributed by atoms with E-state index in [0.29, 0.717) is 17.3 Å². The standard InChI is InChI=1S/C20H34O2/c1-17(2)10-14(21)11-18(3)15(17)7-8-20-9-13(5-6-16(18)20)19(4,22)12-20/h13-16,21-22H,5-12H2,1-4H3/t13-,14-,15+,16-,18+,19+,20-/m1/s1. The van der Waals surface area contributed by atoms with Gasteiger partial charge in [0.15, 0.2) is 0 Å². The molecule has 1 spiro atoms. The van der Waals surface area contributed by atoms with Crippen LogP contribution in [-0.4, -0.2) is 21.9 Å². The Labute approximate surface area is 135 Å². The lowest BCUT2D eigenvalue weighted by Gasteiger charge is -2.64. The second kappa shape index (κ2) is 4.30. The first-order chi connectivity index (χ1) is 10.1. The molecule has 0 unspecified atom stereocenters. The van der Waals surface area contributed by atoms with Crippen molar-refractivity contribution < 1.29 is 10.2 Å². The summed E-state index contributed by atoms with van der Waals surface area (Å²) in [7, 11) is 0. The van der Waals surface area contributed by atoms with Crippen LogP contribution >= 0.6 is 0 Å². The summed E-state index contributed by atoms with van der Waals surface area (Å²) in [6, 6.07) is 0. The van der Waals surface area contributed by atoms with E-state index in [1.54, 1.807) is 0 Å². The van der Waals surface area contributed by atoms with E-state index >= 15 is 0 Å². The first-order valence-electron chi connectivity index (χ1n) is 9.50. The monoisotopic (exact) mass is 306 g/mol. The summed E-state index contributed by atoms with van der Waals surface area (Å²) in [5.74, 6) is 1.96. The number of aliphatic hydroxyl groups is 2. The number of fused-ring (bicyclic) bond motifs is 3. The lowest BCUT2D eigenvalue weighted by Crippen LogP contribution is -2.58. The fourth-order valence-electron chi connectivity index (χ4n) is 8.29. The third-order valence-electron chi connectivity index (χ3n) is 8.69. The minimum atomic E-state index is -0.444. The van der Waals surface area contributed by atoms with Gasteiger partial charge < -0.3 is 10.2 Å². The average molecular weight is 306 g/mol. The SMILES string of the molecule is CC1(C)C[C@@H](O)C[C@@]2(C)[C@H]1CC[C@]13C[C@@H](CC[C@@H]12)[C@@](C)(O)C3. The van der Waals surface area contributed by atoms with Crippen LogP contribution in [0.4, 0.5) is 0 Å². The van der Waals surface area contributed by atoms with Gasteiger partial charge in [-0.3, -0.25) is 0 Å². The summed E-state index contributed by atoms with van der Waals surface area (Å²) in [5, 5.41) is 21.4. The molecule has 4 rings (SSSR count). The van der Waals surface area contributed by atoms with Crippen molar-refractivity contribution in [3.05, 3.63) is 0 Å². The highest BCUT2D eigenvalue weighted by molar-refractivity contribution is 5.16. The van der Waals surface area contributed by atoms with E-state index in [9.17, 15) is 10.2 Å². The van der Waals surface area contributed by atoms with Crippen molar-refractivity contribution in [3.63, 3.8) is 0 Å². The smallest absolute Gasteiger partial charge is 0.0653 e. The molecule has 2 nitrogen and oxygen atoms in total. The molecule has 7 atom stereocenters. The molecule has 0 aliphatic heterocycles. The molecule has 0 aromatic heterocycles. The number of aliphatic hydroxyl groups excluding tert-OH is 1. The molecule has 4 saturated carbocycles. The van der Waals surface area contributed by atoms with E-state index in [2.05, 4.69) is 27.7 Å². The largest absolute Gasteiger partial charge is 0.393 e. The van der Waals surface area contributed by atoms with Gasteiger partial charge in [0.1, 0.15) is 0 Å². The molecule has 2 N–H and O–H groups in total. The van der Waals surface area contributed by atoms with Gasteiger partial charge in [0, 0.05) is 0 Å². The maximum atomic E-state index is 10.9. The predicted molar refractivity (Wildman–Crippen MR) is 88.4 cm³/mol. The summed E-state index contributed by atoms with van der Waals surface area (Å²) in [4.78, 5) is 0. The Hall–Kier alpha value is -0.0800. The summed E-state index contributed by atoms with van der Waals surface area (Å²) >= 11 is 0. The average Bonchev–Trinajstić information content (AvgIpc) is 2.52. The molecule has 126 valence electrons. The van der Waals surface area contributed by atoms with Gasteiger partial charge in [0.2, 0.25) is 0 Å². The zero-order valence-corrected chi connectivity index (χ0v) is 14.9. The van der Waals surface area contributed by atoms with Crippen LogP contribution in [0.5, 0.6) is 0 Å². The molecule has 2 bridgehead atoms. The van der Waals surface area contributed by atoms with Gasteiger partial charge >= 0.3 is 0 Å². The van der Waals surface area contributed by atoms with Crippen LogP contribution in [0.2, 0.25) is 0 Å². The molecule has 4 aliphatic rings. The summed E-state index contributed by atoms with van der Waals surface area (Å²) in [6.07, 6.45) is 9.14. The van der Waals surface area contributed by atoms with Crippen molar-refractivity contribution in [2.45, 2.75) is 90.8 Å². The molecule has 22 heavy (non-hydrogen) atoms. The number of hydrogen-bond acceptors (Lipinski definition) is 2. The summed E-state index contributed by atoms with van der Waals surface area (Å²) in [5.41, 5.74) is 0.447. The lowest BCUT2D eigenvalue weighted by atomic mass is 9.41. The first-order valence-corrected chi connectivity index (χ1v) is 9.50. The Kier molecular flexibility index (Phi) is 3.02. The van der Waals surface area contributed by atoms with E-state index in [0.717, 1.165) is 25.2 Å². The number of hydrogen-bond donors (Lipinski definition) is 2. The predicted octanol–water partition coefficient (Wildman–Crippen LogP) is 4.14. The van der Waals surface area contributed by atoms with Gasteiger partial charge in [-0.05, 0) is 92.3 Å². The van der Waals surface area contributed by atoms with Crippen LogP contribution in [0.25, 0.3) is 0 Å². The van der Waals surface area contributed by atoms with E-state index < -0.39 is 5.60 Å². The van der Waals surface area contributed by atoms with Gasteiger partial charge in [0.25, 0.3) is 0 Å². The second-order valence-electron chi connectivity index (χ2n) is 10.6. The Morgan fingerprint density at radius 1 is 0.864 bits per heavy atom. The lowest BCUT2D eigenvalue weighted by molar-refractivity contribution is -0.171. The second-order valence-corrected chi connectivity index (χ2v) is 10.6. The van der Waals surface area contributed by atoms with E-state index in [1.807, 2.05) is 0 Å². The van der Waals surface area contributed by atoms with Crippen LogP contribution < -0.4 is 0 Å². The molecule has 0 aromatic rings. The minimum absolute atomic E-state index is 0.133. The summed E-state index contributed by atoms with van der Waals surface area (Å²) < 4.78 is 0. The molecule has 0 heterocycles. The Balaban J connectivity index is 1.74. The molecule has 0 amide bonds. The highest BCUT2D eigenvalue weighted by Gasteiger charge is 2.66. The maximum absolute atomic E-state index is 10.9. The Bertz CT molecular complexity index is 482. The molecular formula is C20H34O2. The molecule has 0 radical (unpaired) electrons. The fourth-order valence-corrected chi connectivity index (χ4v) is 8.29. The van der Waals surface area contributed by atoms with E-state index in [1.165, 1.54) is 32.1 Å². The van der Waals surface area contributed by atoms with Gasteiger partial charge in [0.05, 0.1) is 11.7 Å². The van der Waals surface area contributed by atoms with Gasteiger partial charge in [-0.25, -0.2) is 0 Å².